The molecule has 0 aliphatic carbocycles. The molecule has 1 heteroatoms. The third kappa shape index (κ3) is 3.05. The summed E-state index contributed by atoms with van der Waals surface area (Å²) in [6.45, 7) is 1.47. The van der Waals surface area contributed by atoms with Crippen molar-refractivity contribution < 1.29 is 12.0 Å². The van der Waals surface area contributed by atoms with Crippen LogP contribution < -0.4 is 0 Å². The number of rotatable bonds is 4. The zero-order chi connectivity index (χ0) is 13.3. The van der Waals surface area contributed by atoms with Crippen LogP contribution in [0.5, 0.6) is 0 Å². The van der Waals surface area contributed by atoms with Crippen molar-refractivity contribution in [2.45, 2.75) is 32.2 Å². The maximum atomic E-state index is 9.94. The molecule has 0 aliphatic heterocycles. The second kappa shape index (κ2) is 4.94. The van der Waals surface area contributed by atoms with E-state index < -0.39 is 18.8 Å². The first kappa shape index (κ1) is 4.43. The topological polar surface area (TPSA) is 20.2 Å². The maximum absolute atomic E-state index is 9.94. The Kier molecular flexibility index (Phi) is 1.82. The minimum Gasteiger partial charge on any atom is -0.393 e. The summed E-state index contributed by atoms with van der Waals surface area (Å²) >= 11 is 0. The van der Waals surface area contributed by atoms with Gasteiger partial charge in [0.1, 0.15) is 0 Å². The lowest BCUT2D eigenvalue weighted by atomic mass is 10.1. The highest BCUT2D eigenvalue weighted by Crippen LogP contribution is 2.06. The molecular weight excluding hydrogens is 148 g/mol. The molecule has 1 aromatic rings. The molecule has 0 aliphatic rings. The van der Waals surface area contributed by atoms with Gasteiger partial charge in [-0.3, -0.25) is 0 Å². The highest BCUT2D eigenvalue weighted by atomic mass is 16.3. The lowest BCUT2D eigenvalue weighted by Gasteiger charge is -2.08. The molecule has 1 aromatic carbocycles. The molecule has 0 amide bonds. The van der Waals surface area contributed by atoms with Gasteiger partial charge < -0.3 is 5.11 Å². The van der Waals surface area contributed by atoms with Crippen LogP contribution in [-0.4, -0.2) is 11.2 Å². The monoisotopic (exact) mass is 169 g/mol. The van der Waals surface area contributed by atoms with Crippen LogP contribution in [0.4, 0.5) is 0 Å². The molecule has 0 spiro atoms. The standard InChI is InChI=1S/C11H16O/c1-2-6-11(12)9-10-7-4-3-5-8-10/h3-5,7-8,11-12H,2,6,9H2,1H3/i6D2,9D2,11D. The van der Waals surface area contributed by atoms with Gasteiger partial charge in [-0.25, -0.2) is 0 Å². The van der Waals surface area contributed by atoms with Gasteiger partial charge in [-0.15, -0.1) is 0 Å². The van der Waals surface area contributed by atoms with E-state index >= 15 is 0 Å². The van der Waals surface area contributed by atoms with Crippen molar-refractivity contribution >= 4 is 0 Å². The van der Waals surface area contributed by atoms with E-state index in [0.29, 0.717) is 0 Å². The third-order valence-corrected chi connectivity index (χ3v) is 1.38. The lowest BCUT2D eigenvalue weighted by molar-refractivity contribution is 0.164. The summed E-state index contributed by atoms with van der Waals surface area (Å²) in [6.07, 6.45) is -7.78. The van der Waals surface area contributed by atoms with E-state index in [4.69, 9.17) is 6.85 Å². The summed E-state index contributed by atoms with van der Waals surface area (Å²) in [5.74, 6) is 0. The summed E-state index contributed by atoms with van der Waals surface area (Å²) in [5.41, 5.74) is 0.0924. The summed E-state index contributed by atoms with van der Waals surface area (Å²) in [6, 6.07) is 7.74. The van der Waals surface area contributed by atoms with E-state index in [2.05, 4.69) is 0 Å². The number of benzene rings is 1. The molecule has 0 saturated carbocycles. The van der Waals surface area contributed by atoms with Crippen LogP contribution in [0.25, 0.3) is 0 Å². The van der Waals surface area contributed by atoms with Crippen molar-refractivity contribution in [3.63, 3.8) is 0 Å². The van der Waals surface area contributed by atoms with Gasteiger partial charge in [-0.1, -0.05) is 43.7 Å². The average molecular weight is 169 g/mol. The van der Waals surface area contributed by atoms with E-state index in [1.807, 2.05) is 0 Å². The van der Waals surface area contributed by atoms with Gasteiger partial charge in [0.05, 0.1) is 7.45 Å². The zero-order valence-corrected chi connectivity index (χ0v) is 7.04. The predicted molar refractivity (Wildman–Crippen MR) is 51.1 cm³/mol. The Morgan fingerprint density at radius 2 is 2.17 bits per heavy atom. The molecule has 1 nitrogen and oxygen atoms in total. The quantitative estimate of drug-likeness (QED) is 0.733. The highest BCUT2D eigenvalue weighted by molar-refractivity contribution is 5.15. The molecule has 0 fully saturated rings. The van der Waals surface area contributed by atoms with Crippen LogP contribution in [-0.2, 0) is 6.37 Å². The van der Waals surface area contributed by atoms with Crippen molar-refractivity contribution in [3.05, 3.63) is 35.9 Å². The Labute approximate surface area is 81.1 Å². The first-order valence-electron chi connectivity index (χ1n) is 6.44. The first-order chi connectivity index (χ1) is 7.67. The minimum absolute atomic E-state index is 0.0924. The van der Waals surface area contributed by atoms with Gasteiger partial charge in [0.2, 0.25) is 0 Å². The second-order valence-corrected chi connectivity index (χ2v) is 2.37. The molecular formula is C11H16O. The van der Waals surface area contributed by atoms with E-state index in [1.54, 1.807) is 18.2 Å². The number of hydrogen-bond acceptors (Lipinski definition) is 1. The minimum atomic E-state index is -2.84. The molecule has 1 rings (SSSR count). The van der Waals surface area contributed by atoms with Crippen LogP contribution >= 0.6 is 0 Å². The third-order valence-electron chi connectivity index (χ3n) is 1.38. The summed E-state index contributed by atoms with van der Waals surface area (Å²) < 4.78 is 38.5. The highest BCUT2D eigenvalue weighted by Gasteiger charge is 2.02. The second-order valence-electron chi connectivity index (χ2n) is 2.37. The lowest BCUT2D eigenvalue weighted by Crippen LogP contribution is -2.09. The van der Waals surface area contributed by atoms with Gasteiger partial charge in [-0.05, 0) is 18.3 Å². The van der Waals surface area contributed by atoms with Crippen LogP contribution in [0.3, 0.4) is 0 Å². The van der Waals surface area contributed by atoms with E-state index in [0.717, 1.165) is 0 Å². The van der Waals surface area contributed by atoms with E-state index in [1.165, 1.54) is 19.1 Å². The average Bonchev–Trinajstić information content (AvgIpc) is 2.29. The van der Waals surface area contributed by atoms with Crippen molar-refractivity contribution in [2.75, 3.05) is 0 Å². The van der Waals surface area contributed by atoms with Crippen molar-refractivity contribution in [2.24, 2.45) is 0 Å². The Morgan fingerprint density at radius 3 is 2.75 bits per heavy atom. The molecule has 0 radical (unpaired) electrons. The largest absolute Gasteiger partial charge is 0.393 e. The Hall–Kier alpha value is -0.820. The Balaban J connectivity index is 3.22. The molecule has 12 heavy (non-hydrogen) atoms. The molecule has 0 saturated heterocycles. The van der Waals surface area contributed by atoms with Gasteiger partial charge in [0.25, 0.3) is 0 Å². The molecule has 0 bridgehead atoms. The molecule has 0 heterocycles. The first-order valence-corrected chi connectivity index (χ1v) is 3.94. The summed E-state index contributed by atoms with van der Waals surface area (Å²) in [5, 5.41) is 9.94. The summed E-state index contributed by atoms with van der Waals surface area (Å²) in [7, 11) is 0. The van der Waals surface area contributed by atoms with Crippen molar-refractivity contribution in [1.29, 1.82) is 0 Å². The van der Waals surface area contributed by atoms with Crippen LogP contribution in [0.15, 0.2) is 30.3 Å². The summed E-state index contributed by atoms with van der Waals surface area (Å²) in [4.78, 5) is 0. The van der Waals surface area contributed by atoms with Gasteiger partial charge in [0, 0.05) is 5.48 Å². The van der Waals surface area contributed by atoms with Crippen LogP contribution in [0.1, 0.15) is 32.1 Å². The smallest absolute Gasteiger partial charge is 0.0604 e. The molecule has 1 atom stereocenters. The van der Waals surface area contributed by atoms with E-state index in [9.17, 15) is 5.11 Å². The Morgan fingerprint density at radius 1 is 1.50 bits per heavy atom. The van der Waals surface area contributed by atoms with Gasteiger partial charge in [0.15, 0.2) is 0 Å². The fourth-order valence-corrected chi connectivity index (χ4v) is 0.870. The maximum Gasteiger partial charge on any atom is 0.0604 e. The van der Waals surface area contributed by atoms with Crippen molar-refractivity contribution in [1.82, 2.24) is 0 Å². The SMILES string of the molecule is [2H]C([2H])(CC)C([2H])(O)C([2H])([2H])c1ccccc1. The fraction of sp³-hybridized carbons (Fsp3) is 0.455. The molecule has 1 N–H and O–H groups in total. The van der Waals surface area contributed by atoms with E-state index in [-0.39, 0.29) is 12.0 Å². The zero-order valence-electron chi connectivity index (χ0n) is 12.0. The Bertz CT molecular complexity index is 375. The molecule has 1 unspecified atom stereocenters. The van der Waals surface area contributed by atoms with Crippen LogP contribution in [0.2, 0.25) is 0 Å². The van der Waals surface area contributed by atoms with Crippen LogP contribution in [0, 0.1) is 0 Å². The number of aliphatic hydroxyl groups is 1. The molecule has 0 aromatic heterocycles. The van der Waals surface area contributed by atoms with Gasteiger partial charge in [-0.2, -0.15) is 0 Å². The van der Waals surface area contributed by atoms with Crippen molar-refractivity contribution in [3.8, 4) is 0 Å². The fourth-order valence-electron chi connectivity index (χ4n) is 0.870. The number of hydrogen-bond donors (Lipinski definition) is 1. The normalized spacial score (nSPS) is 24.0. The molecule has 66 valence electrons. The predicted octanol–water partition coefficient (Wildman–Crippen LogP) is 2.39. The van der Waals surface area contributed by atoms with Gasteiger partial charge >= 0.3 is 0 Å².